The minimum atomic E-state index is -0.784. The van der Waals surface area contributed by atoms with Crippen LogP contribution >= 0.6 is 15.9 Å². The van der Waals surface area contributed by atoms with Crippen LogP contribution in [0.15, 0.2) is 28.7 Å². The Labute approximate surface area is 125 Å². The summed E-state index contributed by atoms with van der Waals surface area (Å²) in [6.07, 6.45) is 1.83. The van der Waals surface area contributed by atoms with E-state index in [0.717, 1.165) is 4.47 Å². The number of carbonyl (C=O) groups excluding carboxylic acids is 1. The third kappa shape index (κ3) is 4.23. The molecule has 0 heterocycles. The number of halogens is 1. The fourth-order valence-corrected chi connectivity index (χ4v) is 2.55. The summed E-state index contributed by atoms with van der Waals surface area (Å²) >= 11 is 3.32. The molecule has 1 aliphatic rings. The number of hydrogen-bond donors (Lipinski definition) is 2. The lowest BCUT2D eigenvalue weighted by molar-refractivity contribution is -0.141. The van der Waals surface area contributed by atoms with Gasteiger partial charge in [-0.2, -0.15) is 0 Å². The number of carboxylic acids is 1. The van der Waals surface area contributed by atoms with E-state index in [-0.39, 0.29) is 24.5 Å². The van der Waals surface area contributed by atoms with Crippen molar-refractivity contribution in [1.29, 1.82) is 0 Å². The van der Waals surface area contributed by atoms with Crippen molar-refractivity contribution in [2.24, 2.45) is 5.92 Å². The number of hydrogen-bond acceptors (Lipinski definition) is 3. The molecule has 0 unspecified atom stereocenters. The average Bonchev–Trinajstić information content (AvgIpc) is 2.87. The minimum Gasteiger partial charge on any atom is -0.484 e. The Morgan fingerprint density at radius 2 is 2.00 bits per heavy atom. The van der Waals surface area contributed by atoms with Crippen molar-refractivity contribution in [2.75, 3.05) is 6.61 Å². The summed E-state index contributed by atoms with van der Waals surface area (Å²) < 4.78 is 6.30. The molecule has 5 nitrogen and oxygen atoms in total. The van der Waals surface area contributed by atoms with E-state index in [1.54, 1.807) is 12.1 Å². The summed E-state index contributed by atoms with van der Waals surface area (Å²) in [5, 5.41) is 11.7. The molecular weight excluding hydrogens is 326 g/mol. The highest BCUT2D eigenvalue weighted by atomic mass is 79.9. The van der Waals surface area contributed by atoms with Crippen LogP contribution < -0.4 is 10.1 Å². The van der Waals surface area contributed by atoms with Crippen LogP contribution in [0.25, 0.3) is 0 Å². The van der Waals surface area contributed by atoms with Crippen molar-refractivity contribution >= 4 is 27.8 Å². The molecule has 1 saturated carbocycles. The highest BCUT2D eigenvalue weighted by Crippen LogP contribution is 2.25. The van der Waals surface area contributed by atoms with Gasteiger partial charge in [0, 0.05) is 10.5 Å². The third-order valence-electron chi connectivity index (χ3n) is 3.33. The topological polar surface area (TPSA) is 75.6 Å². The van der Waals surface area contributed by atoms with Crippen molar-refractivity contribution in [1.82, 2.24) is 5.32 Å². The predicted octanol–water partition coefficient (Wildman–Crippen LogP) is 2.20. The van der Waals surface area contributed by atoms with Crippen LogP contribution in [0.1, 0.15) is 19.3 Å². The van der Waals surface area contributed by atoms with Crippen LogP contribution in [0.4, 0.5) is 0 Å². The molecule has 2 rings (SSSR count). The van der Waals surface area contributed by atoms with E-state index in [4.69, 9.17) is 9.84 Å². The lowest BCUT2D eigenvalue weighted by atomic mass is 10.1. The fraction of sp³-hybridized carbons (Fsp3) is 0.429. The molecular formula is C14H16BrNO4. The van der Waals surface area contributed by atoms with E-state index >= 15 is 0 Å². The molecule has 0 aliphatic heterocycles. The van der Waals surface area contributed by atoms with Crippen LogP contribution in [-0.4, -0.2) is 29.6 Å². The number of rotatable bonds is 5. The van der Waals surface area contributed by atoms with Crippen molar-refractivity contribution in [3.63, 3.8) is 0 Å². The van der Waals surface area contributed by atoms with Gasteiger partial charge in [0.05, 0.1) is 5.92 Å². The van der Waals surface area contributed by atoms with Crippen LogP contribution in [0, 0.1) is 5.92 Å². The second kappa shape index (κ2) is 6.74. The SMILES string of the molecule is O=C(COc1ccc(Br)cc1)N[C@H]1CC[C@@H](C(=O)O)C1. The Morgan fingerprint density at radius 3 is 2.60 bits per heavy atom. The van der Waals surface area contributed by atoms with Gasteiger partial charge in [0.1, 0.15) is 5.75 Å². The summed E-state index contributed by atoms with van der Waals surface area (Å²) in [4.78, 5) is 22.6. The molecule has 2 N–H and O–H groups in total. The van der Waals surface area contributed by atoms with E-state index < -0.39 is 5.97 Å². The second-order valence-corrected chi connectivity index (χ2v) is 5.77. The minimum absolute atomic E-state index is 0.0582. The Morgan fingerprint density at radius 1 is 1.30 bits per heavy atom. The molecule has 0 radical (unpaired) electrons. The maximum Gasteiger partial charge on any atom is 0.306 e. The maximum absolute atomic E-state index is 11.7. The molecule has 1 aromatic carbocycles. The first kappa shape index (κ1) is 14.8. The molecule has 0 aromatic heterocycles. The molecule has 2 atom stereocenters. The van der Waals surface area contributed by atoms with Crippen LogP contribution in [0.5, 0.6) is 5.75 Å². The van der Waals surface area contributed by atoms with Gasteiger partial charge in [0.25, 0.3) is 5.91 Å². The number of carboxylic acid groups (broad SMARTS) is 1. The summed E-state index contributed by atoms with van der Waals surface area (Å²) in [6, 6.07) is 7.15. The summed E-state index contributed by atoms with van der Waals surface area (Å²) in [5.74, 6) is -0.720. The van der Waals surface area contributed by atoms with Gasteiger partial charge in [0.2, 0.25) is 0 Å². The van der Waals surface area contributed by atoms with E-state index in [2.05, 4.69) is 21.2 Å². The van der Waals surface area contributed by atoms with Gasteiger partial charge in [-0.3, -0.25) is 9.59 Å². The lowest BCUT2D eigenvalue weighted by Gasteiger charge is -2.13. The highest BCUT2D eigenvalue weighted by Gasteiger charge is 2.30. The highest BCUT2D eigenvalue weighted by molar-refractivity contribution is 9.10. The summed E-state index contributed by atoms with van der Waals surface area (Å²) in [5.41, 5.74) is 0. The van der Waals surface area contributed by atoms with Crippen molar-refractivity contribution < 1.29 is 19.4 Å². The van der Waals surface area contributed by atoms with Gasteiger partial charge in [0.15, 0.2) is 6.61 Å². The molecule has 1 amide bonds. The molecule has 0 bridgehead atoms. The van der Waals surface area contributed by atoms with Gasteiger partial charge >= 0.3 is 5.97 Å². The standard InChI is InChI=1S/C14H16BrNO4/c15-10-2-5-12(6-3-10)20-8-13(17)16-11-4-1-9(7-11)14(18)19/h2-3,5-6,9,11H,1,4,7-8H2,(H,16,17)(H,18,19)/t9-,11+/m1/s1. The molecule has 108 valence electrons. The molecule has 1 aromatic rings. The van der Waals surface area contributed by atoms with Gasteiger partial charge in [-0.25, -0.2) is 0 Å². The monoisotopic (exact) mass is 341 g/mol. The largest absolute Gasteiger partial charge is 0.484 e. The van der Waals surface area contributed by atoms with Crippen LogP contribution in [0.3, 0.4) is 0 Å². The first-order valence-corrected chi connectivity index (χ1v) is 7.24. The van der Waals surface area contributed by atoms with Crippen LogP contribution in [-0.2, 0) is 9.59 Å². The fourth-order valence-electron chi connectivity index (χ4n) is 2.29. The molecule has 0 spiro atoms. The zero-order valence-corrected chi connectivity index (χ0v) is 12.4. The number of ether oxygens (including phenoxy) is 1. The number of benzene rings is 1. The molecule has 6 heteroatoms. The van der Waals surface area contributed by atoms with Gasteiger partial charge in [-0.15, -0.1) is 0 Å². The number of aliphatic carboxylic acids is 1. The second-order valence-electron chi connectivity index (χ2n) is 4.86. The van der Waals surface area contributed by atoms with Gasteiger partial charge in [-0.05, 0) is 43.5 Å². The smallest absolute Gasteiger partial charge is 0.306 e. The van der Waals surface area contributed by atoms with E-state index in [9.17, 15) is 9.59 Å². The Kier molecular flexibility index (Phi) is 5.00. The molecule has 20 heavy (non-hydrogen) atoms. The predicted molar refractivity (Wildman–Crippen MR) is 76.5 cm³/mol. The molecule has 0 saturated heterocycles. The van der Waals surface area contributed by atoms with E-state index in [1.807, 2.05) is 12.1 Å². The van der Waals surface area contributed by atoms with Crippen molar-refractivity contribution in [2.45, 2.75) is 25.3 Å². The Hall–Kier alpha value is -1.56. The van der Waals surface area contributed by atoms with E-state index in [1.165, 1.54) is 0 Å². The Bertz CT molecular complexity index is 488. The zero-order valence-electron chi connectivity index (χ0n) is 10.8. The molecule has 1 fully saturated rings. The third-order valence-corrected chi connectivity index (χ3v) is 3.86. The van der Waals surface area contributed by atoms with E-state index in [0.29, 0.717) is 25.0 Å². The quantitative estimate of drug-likeness (QED) is 0.860. The number of nitrogens with one attached hydrogen (secondary N) is 1. The van der Waals surface area contributed by atoms with Gasteiger partial charge in [-0.1, -0.05) is 15.9 Å². The summed E-state index contributed by atoms with van der Waals surface area (Å²) in [6.45, 7) is -0.0597. The maximum atomic E-state index is 11.7. The number of carbonyl (C=O) groups is 2. The van der Waals surface area contributed by atoms with Crippen molar-refractivity contribution in [3.05, 3.63) is 28.7 Å². The Balaban J connectivity index is 1.73. The molecule has 1 aliphatic carbocycles. The summed E-state index contributed by atoms with van der Waals surface area (Å²) in [7, 11) is 0. The van der Waals surface area contributed by atoms with Gasteiger partial charge < -0.3 is 15.2 Å². The number of amides is 1. The zero-order chi connectivity index (χ0) is 14.5. The van der Waals surface area contributed by atoms with Crippen LogP contribution in [0.2, 0.25) is 0 Å². The average molecular weight is 342 g/mol. The first-order chi connectivity index (χ1) is 9.54. The normalized spacial score (nSPS) is 21.4. The lowest BCUT2D eigenvalue weighted by Crippen LogP contribution is -2.36. The first-order valence-electron chi connectivity index (χ1n) is 6.45. The van der Waals surface area contributed by atoms with Crippen molar-refractivity contribution in [3.8, 4) is 5.75 Å².